The molecule has 1 aromatic heterocycles. The zero-order chi connectivity index (χ0) is 23.7. The van der Waals surface area contributed by atoms with E-state index < -0.39 is 0 Å². The van der Waals surface area contributed by atoms with Gasteiger partial charge in [-0.25, -0.2) is 0 Å². The molecule has 1 aliphatic heterocycles. The van der Waals surface area contributed by atoms with Gasteiger partial charge in [0.2, 0.25) is 0 Å². The molecule has 0 unspecified atom stereocenters. The van der Waals surface area contributed by atoms with E-state index in [1.807, 2.05) is 73.7 Å². The van der Waals surface area contributed by atoms with Crippen molar-refractivity contribution >= 4 is 55.7 Å². The predicted octanol–water partition coefficient (Wildman–Crippen LogP) is 7.29. The van der Waals surface area contributed by atoms with E-state index in [4.69, 9.17) is 9.15 Å². The third-order valence-corrected chi connectivity index (χ3v) is 7.05. The van der Waals surface area contributed by atoms with Gasteiger partial charge in [-0.15, -0.1) is 0 Å². The zero-order valence-electron chi connectivity index (χ0n) is 18.3. The number of hydrogen-bond donors (Lipinski definition) is 0. The number of thioether (sulfide) groups is 1. The maximum atomic E-state index is 12.9. The normalized spacial score (nSPS) is 15.0. The van der Waals surface area contributed by atoms with Gasteiger partial charge in [0, 0.05) is 21.5 Å². The van der Waals surface area contributed by atoms with Crippen molar-refractivity contribution in [2.45, 2.75) is 6.92 Å². The Labute approximate surface area is 209 Å². The van der Waals surface area contributed by atoms with Crippen LogP contribution in [0.3, 0.4) is 0 Å². The molecule has 0 bridgehead atoms. The molecule has 2 amide bonds. The molecule has 170 valence electrons. The summed E-state index contributed by atoms with van der Waals surface area (Å²) in [5, 5.41) is 1.75. The molecule has 3 aromatic carbocycles. The Kier molecular flexibility index (Phi) is 6.30. The smallest absolute Gasteiger partial charge is 0.293 e. The average Bonchev–Trinajstić information content (AvgIpc) is 3.39. The molecule has 0 radical (unpaired) electrons. The van der Waals surface area contributed by atoms with Crippen molar-refractivity contribution in [3.8, 4) is 17.1 Å². The third-order valence-electron chi connectivity index (χ3n) is 5.49. The minimum atomic E-state index is -0.342. The largest absolute Gasteiger partial charge is 0.491 e. The summed E-state index contributed by atoms with van der Waals surface area (Å²) in [5.74, 6) is 1.58. The lowest BCUT2D eigenvalue weighted by Gasteiger charge is -2.14. The van der Waals surface area contributed by atoms with Crippen LogP contribution in [0.2, 0.25) is 0 Å². The van der Waals surface area contributed by atoms with Crippen molar-refractivity contribution in [3.63, 3.8) is 0 Å². The maximum Gasteiger partial charge on any atom is 0.293 e. The van der Waals surface area contributed by atoms with Crippen molar-refractivity contribution in [2.75, 3.05) is 13.2 Å². The molecule has 5 rings (SSSR count). The van der Waals surface area contributed by atoms with Gasteiger partial charge in [-0.05, 0) is 60.0 Å². The SMILES string of the molecule is Cc1ccc(-c2ccc(/C=C3\SC(=O)N(CCOc4cccc5ccccc45)C3=O)o2)c(Br)c1. The molecule has 1 saturated heterocycles. The molecule has 0 spiro atoms. The molecule has 1 fully saturated rings. The van der Waals surface area contributed by atoms with Gasteiger partial charge < -0.3 is 9.15 Å². The number of nitrogens with zero attached hydrogens (tertiary/aromatic N) is 1. The first-order chi connectivity index (χ1) is 16.5. The summed E-state index contributed by atoms with van der Waals surface area (Å²) in [7, 11) is 0. The fourth-order valence-electron chi connectivity index (χ4n) is 3.79. The molecule has 0 saturated carbocycles. The molecule has 4 aromatic rings. The number of imide groups is 1. The summed E-state index contributed by atoms with van der Waals surface area (Å²) in [6, 6.07) is 23.4. The summed E-state index contributed by atoms with van der Waals surface area (Å²) >= 11 is 4.47. The van der Waals surface area contributed by atoms with E-state index in [9.17, 15) is 9.59 Å². The molecular formula is C27H20BrNO4S. The summed E-state index contributed by atoms with van der Waals surface area (Å²) < 4.78 is 12.8. The number of carbonyl (C=O) groups excluding carboxylic acids is 2. The van der Waals surface area contributed by atoms with Crippen molar-refractivity contribution in [3.05, 3.63) is 93.5 Å². The Morgan fingerprint density at radius 3 is 2.71 bits per heavy atom. The predicted molar refractivity (Wildman–Crippen MR) is 139 cm³/mol. The Morgan fingerprint density at radius 1 is 1.03 bits per heavy atom. The van der Waals surface area contributed by atoms with Gasteiger partial charge in [0.15, 0.2) is 0 Å². The van der Waals surface area contributed by atoms with Crippen LogP contribution in [-0.4, -0.2) is 29.2 Å². The van der Waals surface area contributed by atoms with Gasteiger partial charge >= 0.3 is 0 Å². The lowest BCUT2D eigenvalue weighted by Crippen LogP contribution is -2.32. The fraction of sp³-hybridized carbons (Fsp3) is 0.111. The number of amides is 2. The van der Waals surface area contributed by atoms with E-state index in [0.29, 0.717) is 16.4 Å². The lowest BCUT2D eigenvalue weighted by molar-refractivity contribution is -0.123. The number of ether oxygens (including phenoxy) is 1. The second kappa shape index (κ2) is 9.52. The first-order valence-corrected chi connectivity index (χ1v) is 12.3. The van der Waals surface area contributed by atoms with E-state index in [-0.39, 0.29) is 24.3 Å². The van der Waals surface area contributed by atoms with Gasteiger partial charge in [-0.2, -0.15) is 0 Å². The molecule has 1 aliphatic rings. The standard InChI is InChI=1S/C27H20BrNO4S/c1-17-9-11-21(22(28)15-17)24-12-10-19(33-24)16-25-26(30)29(27(31)34-25)13-14-32-23-8-4-6-18-5-2-3-7-20(18)23/h2-12,15-16H,13-14H2,1H3/b25-16-. The van der Waals surface area contributed by atoms with Gasteiger partial charge in [-0.3, -0.25) is 14.5 Å². The summed E-state index contributed by atoms with van der Waals surface area (Å²) in [6.45, 7) is 2.40. The average molecular weight is 534 g/mol. The molecule has 0 aliphatic carbocycles. The highest BCUT2D eigenvalue weighted by Crippen LogP contribution is 2.35. The van der Waals surface area contributed by atoms with Crippen LogP contribution in [-0.2, 0) is 4.79 Å². The van der Waals surface area contributed by atoms with Crippen molar-refractivity contribution in [1.82, 2.24) is 4.90 Å². The highest BCUT2D eigenvalue weighted by atomic mass is 79.9. The number of aryl methyl sites for hydroxylation is 1. The molecule has 2 heterocycles. The van der Waals surface area contributed by atoms with Gasteiger partial charge in [-0.1, -0.05) is 58.4 Å². The van der Waals surface area contributed by atoms with E-state index >= 15 is 0 Å². The molecular weight excluding hydrogens is 514 g/mol. The van der Waals surface area contributed by atoms with Crippen LogP contribution >= 0.6 is 27.7 Å². The quantitative estimate of drug-likeness (QED) is 0.243. The van der Waals surface area contributed by atoms with Crippen molar-refractivity contribution in [1.29, 1.82) is 0 Å². The Bertz CT molecular complexity index is 1440. The first-order valence-electron chi connectivity index (χ1n) is 10.7. The Balaban J connectivity index is 1.26. The second-order valence-corrected chi connectivity index (χ2v) is 9.69. The maximum absolute atomic E-state index is 12.9. The Morgan fingerprint density at radius 2 is 1.85 bits per heavy atom. The minimum Gasteiger partial charge on any atom is -0.491 e. The number of carbonyl (C=O) groups is 2. The van der Waals surface area contributed by atoms with Crippen LogP contribution < -0.4 is 4.74 Å². The molecule has 5 nitrogen and oxygen atoms in total. The van der Waals surface area contributed by atoms with Crippen LogP contribution in [0.5, 0.6) is 5.75 Å². The number of furan rings is 1. The minimum absolute atomic E-state index is 0.172. The van der Waals surface area contributed by atoms with Gasteiger partial charge in [0.25, 0.3) is 11.1 Å². The monoisotopic (exact) mass is 533 g/mol. The van der Waals surface area contributed by atoms with E-state index in [2.05, 4.69) is 15.9 Å². The number of hydrogen-bond acceptors (Lipinski definition) is 5. The molecule has 0 N–H and O–H groups in total. The Hall–Kier alpha value is -3.29. The summed E-state index contributed by atoms with van der Waals surface area (Å²) in [6.07, 6.45) is 1.61. The number of benzene rings is 3. The second-order valence-electron chi connectivity index (χ2n) is 7.84. The van der Waals surface area contributed by atoms with Crippen molar-refractivity contribution < 1.29 is 18.7 Å². The molecule has 0 atom stereocenters. The summed E-state index contributed by atoms with van der Waals surface area (Å²) in [5.41, 5.74) is 2.06. The number of rotatable bonds is 6. The summed E-state index contributed by atoms with van der Waals surface area (Å²) in [4.78, 5) is 26.9. The van der Waals surface area contributed by atoms with E-state index in [1.165, 1.54) is 4.90 Å². The van der Waals surface area contributed by atoms with Crippen LogP contribution in [0.25, 0.3) is 28.2 Å². The highest BCUT2D eigenvalue weighted by Gasteiger charge is 2.35. The molecule has 7 heteroatoms. The lowest BCUT2D eigenvalue weighted by atomic mass is 10.1. The highest BCUT2D eigenvalue weighted by molar-refractivity contribution is 9.10. The zero-order valence-corrected chi connectivity index (χ0v) is 20.7. The van der Waals surface area contributed by atoms with E-state index in [1.54, 1.807) is 12.1 Å². The van der Waals surface area contributed by atoms with Gasteiger partial charge in [0.05, 0.1) is 11.4 Å². The number of halogens is 1. The molecule has 34 heavy (non-hydrogen) atoms. The van der Waals surface area contributed by atoms with Gasteiger partial charge in [0.1, 0.15) is 23.9 Å². The van der Waals surface area contributed by atoms with E-state index in [0.717, 1.165) is 43.9 Å². The van der Waals surface area contributed by atoms with Crippen LogP contribution in [0.4, 0.5) is 4.79 Å². The number of fused-ring (bicyclic) bond motifs is 1. The topological polar surface area (TPSA) is 59.8 Å². The van der Waals surface area contributed by atoms with Crippen LogP contribution in [0, 0.1) is 6.92 Å². The fourth-order valence-corrected chi connectivity index (χ4v) is 5.32. The van der Waals surface area contributed by atoms with Crippen molar-refractivity contribution in [2.24, 2.45) is 0 Å². The van der Waals surface area contributed by atoms with Crippen LogP contribution in [0.1, 0.15) is 11.3 Å². The first kappa shape index (κ1) is 22.5. The van der Waals surface area contributed by atoms with Crippen LogP contribution in [0.15, 0.2) is 86.6 Å². The third kappa shape index (κ3) is 4.54.